The third kappa shape index (κ3) is 1.09. The van der Waals surface area contributed by atoms with E-state index in [2.05, 4.69) is 5.10 Å². The van der Waals surface area contributed by atoms with Crippen molar-refractivity contribution in [1.29, 1.82) is 0 Å². The quantitative estimate of drug-likeness (QED) is 0.554. The Labute approximate surface area is 53.3 Å². The molecule has 0 N–H and O–H groups in total. The minimum Gasteiger partial charge on any atom is -0.270 e. The Morgan fingerprint density at radius 3 is 2.67 bits per heavy atom. The van der Waals surface area contributed by atoms with Crippen molar-refractivity contribution in [2.45, 2.75) is 13.3 Å². The fourth-order valence-corrected chi connectivity index (χ4v) is 0.798. The van der Waals surface area contributed by atoms with Crippen LogP contribution in [0.3, 0.4) is 0 Å². The average molecular weight is 128 g/mol. The van der Waals surface area contributed by atoms with Crippen molar-refractivity contribution in [2.24, 2.45) is 7.05 Å². The van der Waals surface area contributed by atoms with Crippen LogP contribution < -0.4 is 0 Å². The van der Waals surface area contributed by atoms with E-state index in [1.54, 1.807) is 11.7 Å². The number of nitrogens with zero attached hydrogens (tertiary/aromatic N) is 2. The zero-order valence-electron chi connectivity index (χ0n) is 5.56. The van der Waals surface area contributed by atoms with Gasteiger partial charge in [0.1, 0.15) is 0 Å². The lowest BCUT2D eigenvalue weighted by Crippen LogP contribution is -1.95. The van der Waals surface area contributed by atoms with Crippen molar-refractivity contribution in [1.82, 2.24) is 9.78 Å². The first kappa shape index (κ1) is 6.26. The third-order valence-electron chi connectivity index (χ3n) is 1.31. The Morgan fingerprint density at radius 2 is 2.44 bits per heavy atom. The molecule has 1 rings (SSSR count). The van der Waals surface area contributed by atoms with Crippen molar-refractivity contribution in [2.75, 3.05) is 0 Å². The number of hydrogen-bond acceptors (Lipinski definition) is 1. The average Bonchev–Trinajstić information content (AvgIpc) is 2.10. The van der Waals surface area contributed by atoms with E-state index in [9.17, 15) is 4.39 Å². The summed E-state index contributed by atoms with van der Waals surface area (Å²) >= 11 is 0. The third-order valence-corrected chi connectivity index (χ3v) is 1.31. The molecule has 1 heterocycles. The van der Waals surface area contributed by atoms with Crippen LogP contribution in [-0.2, 0) is 13.5 Å². The molecule has 2 nitrogen and oxygen atoms in total. The molecule has 0 amide bonds. The molecule has 0 saturated heterocycles. The summed E-state index contributed by atoms with van der Waals surface area (Å²) in [5, 5.41) is 3.53. The largest absolute Gasteiger partial charge is 0.270 e. The molecule has 0 aliphatic carbocycles. The van der Waals surface area contributed by atoms with Gasteiger partial charge in [0.25, 0.3) is 0 Å². The Morgan fingerprint density at radius 1 is 1.78 bits per heavy atom. The zero-order chi connectivity index (χ0) is 6.85. The van der Waals surface area contributed by atoms with Gasteiger partial charge in [-0.1, -0.05) is 6.92 Å². The van der Waals surface area contributed by atoms with Crippen LogP contribution in [0, 0.1) is 5.95 Å². The zero-order valence-corrected chi connectivity index (χ0v) is 5.56. The SMILES string of the molecule is CCc1cc(F)nn1C. The number of aromatic nitrogens is 2. The Kier molecular flexibility index (Phi) is 1.51. The molecule has 1 aromatic heterocycles. The van der Waals surface area contributed by atoms with Gasteiger partial charge in [-0.3, -0.25) is 4.68 Å². The summed E-state index contributed by atoms with van der Waals surface area (Å²) in [5.41, 5.74) is 0.924. The van der Waals surface area contributed by atoms with Crippen molar-refractivity contribution >= 4 is 0 Å². The smallest absolute Gasteiger partial charge is 0.232 e. The van der Waals surface area contributed by atoms with Crippen molar-refractivity contribution in [3.63, 3.8) is 0 Å². The second-order valence-electron chi connectivity index (χ2n) is 1.94. The summed E-state index contributed by atoms with van der Waals surface area (Å²) < 4.78 is 13.8. The lowest BCUT2D eigenvalue weighted by Gasteiger charge is -1.92. The lowest BCUT2D eigenvalue weighted by atomic mass is 10.3. The molecule has 0 saturated carbocycles. The van der Waals surface area contributed by atoms with Crippen molar-refractivity contribution in [3.8, 4) is 0 Å². The Balaban J connectivity index is 3.01. The Bertz CT molecular complexity index is 205. The first-order valence-corrected chi connectivity index (χ1v) is 2.92. The molecule has 0 radical (unpaired) electrons. The van der Waals surface area contributed by atoms with Crippen LogP contribution in [0.4, 0.5) is 4.39 Å². The summed E-state index contributed by atoms with van der Waals surface area (Å²) in [6.07, 6.45) is 0.827. The van der Waals surface area contributed by atoms with E-state index in [-0.39, 0.29) is 0 Å². The molecule has 0 aromatic carbocycles. The van der Waals surface area contributed by atoms with E-state index in [1.807, 2.05) is 6.92 Å². The molecule has 50 valence electrons. The molecule has 0 aliphatic heterocycles. The summed E-state index contributed by atoms with van der Waals surface area (Å²) in [4.78, 5) is 0. The summed E-state index contributed by atoms with van der Waals surface area (Å²) in [7, 11) is 1.74. The highest BCUT2D eigenvalue weighted by molar-refractivity contribution is 5.00. The van der Waals surface area contributed by atoms with E-state index in [4.69, 9.17) is 0 Å². The number of hydrogen-bond donors (Lipinski definition) is 0. The lowest BCUT2D eigenvalue weighted by molar-refractivity contribution is 0.550. The van der Waals surface area contributed by atoms with Crippen LogP contribution in [0.15, 0.2) is 6.07 Å². The molecule has 3 heteroatoms. The molecular formula is C6H9FN2. The summed E-state index contributed by atoms with van der Waals surface area (Å²) in [6, 6.07) is 1.44. The standard InChI is InChI=1S/C6H9FN2/c1-3-5-4-6(7)8-9(5)2/h4H,3H2,1-2H3. The first-order chi connectivity index (χ1) is 4.24. The second kappa shape index (κ2) is 2.17. The highest BCUT2D eigenvalue weighted by Gasteiger charge is 1.99. The maximum absolute atomic E-state index is 12.2. The second-order valence-corrected chi connectivity index (χ2v) is 1.94. The molecular weight excluding hydrogens is 119 g/mol. The van der Waals surface area contributed by atoms with Crippen LogP contribution in [-0.4, -0.2) is 9.78 Å². The monoisotopic (exact) mass is 128 g/mol. The highest BCUT2D eigenvalue weighted by atomic mass is 19.1. The number of rotatable bonds is 1. The van der Waals surface area contributed by atoms with E-state index < -0.39 is 5.95 Å². The van der Waals surface area contributed by atoms with Gasteiger partial charge in [0.2, 0.25) is 5.95 Å². The molecule has 9 heavy (non-hydrogen) atoms. The van der Waals surface area contributed by atoms with Crippen molar-refractivity contribution < 1.29 is 4.39 Å². The van der Waals surface area contributed by atoms with Crippen LogP contribution in [0.2, 0.25) is 0 Å². The maximum atomic E-state index is 12.2. The molecule has 0 fully saturated rings. The van der Waals surface area contributed by atoms with Gasteiger partial charge in [-0.2, -0.15) is 4.39 Å². The van der Waals surface area contributed by atoms with Gasteiger partial charge < -0.3 is 0 Å². The first-order valence-electron chi connectivity index (χ1n) is 2.92. The molecule has 0 bridgehead atoms. The van der Waals surface area contributed by atoms with Crippen molar-refractivity contribution in [3.05, 3.63) is 17.7 Å². The minimum atomic E-state index is -0.394. The van der Waals surface area contributed by atoms with Gasteiger partial charge in [0.05, 0.1) is 0 Å². The summed E-state index contributed by atoms with van der Waals surface area (Å²) in [6.45, 7) is 1.97. The van der Waals surface area contributed by atoms with Crippen LogP contribution in [0.5, 0.6) is 0 Å². The molecule has 0 unspecified atom stereocenters. The topological polar surface area (TPSA) is 17.8 Å². The van der Waals surface area contributed by atoms with Gasteiger partial charge in [-0.15, -0.1) is 5.10 Å². The van der Waals surface area contributed by atoms with Gasteiger partial charge in [0, 0.05) is 18.8 Å². The fraction of sp³-hybridized carbons (Fsp3) is 0.500. The molecule has 0 spiro atoms. The summed E-state index contributed by atoms with van der Waals surface area (Å²) in [5.74, 6) is -0.394. The van der Waals surface area contributed by atoms with Gasteiger partial charge in [-0.05, 0) is 6.42 Å². The predicted molar refractivity (Wildman–Crippen MR) is 32.5 cm³/mol. The maximum Gasteiger partial charge on any atom is 0.232 e. The van der Waals surface area contributed by atoms with Gasteiger partial charge in [-0.25, -0.2) is 0 Å². The molecule has 1 aromatic rings. The van der Waals surface area contributed by atoms with Crippen LogP contribution in [0.1, 0.15) is 12.6 Å². The highest BCUT2D eigenvalue weighted by Crippen LogP contribution is 2.00. The number of aryl methyl sites for hydroxylation is 2. The fourth-order valence-electron chi connectivity index (χ4n) is 0.798. The molecule has 0 atom stereocenters. The Hall–Kier alpha value is -0.860. The van der Waals surface area contributed by atoms with Crippen LogP contribution in [0.25, 0.3) is 0 Å². The number of halogens is 1. The minimum absolute atomic E-state index is 0.394. The van der Waals surface area contributed by atoms with E-state index in [1.165, 1.54) is 6.07 Å². The van der Waals surface area contributed by atoms with E-state index in [0.29, 0.717) is 0 Å². The van der Waals surface area contributed by atoms with Gasteiger partial charge >= 0.3 is 0 Å². The van der Waals surface area contributed by atoms with E-state index in [0.717, 1.165) is 12.1 Å². The predicted octanol–water partition coefficient (Wildman–Crippen LogP) is 1.12. The molecule has 0 aliphatic rings. The van der Waals surface area contributed by atoms with E-state index >= 15 is 0 Å². The normalized spacial score (nSPS) is 10.1. The van der Waals surface area contributed by atoms with Crippen LogP contribution >= 0.6 is 0 Å². The van der Waals surface area contributed by atoms with Gasteiger partial charge in [0.15, 0.2) is 0 Å².